The molecule has 0 aromatic heterocycles. The lowest BCUT2D eigenvalue weighted by atomic mass is 9.78. The van der Waals surface area contributed by atoms with Crippen molar-refractivity contribution in [2.45, 2.75) is 76.3 Å². The van der Waals surface area contributed by atoms with Crippen LogP contribution in [0.1, 0.15) is 46.5 Å². The number of rotatable bonds is 5. The fourth-order valence-corrected chi connectivity index (χ4v) is 5.74. The highest BCUT2D eigenvalue weighted by atomic mass is 16.6. The van der Waals surface area contributed by atoms with Crippen LogP contribution in [0, 0.1) is 11.8 Å². The number of carbonyl (C=O) groups is 3. The van der Waals surface area contributed by atoms with E-state index in [0.717, 1.165) is 19.3 Å². The molecule has 2 amide bonds. The van der Waals surface area contributed by atoms with Crippen molar-refractivity contribution < 1.29 is 29.0 Å². The van der Waals surface area contributed by atoms with Crippen LogP contribution in [0.2, 0.25) is 0 Å². The summed E-state index contributed by atoms with van der Waals surface area (Å²) >= 11 is 0. The van der Waals surface area contributed by atoms with Gasteiger partial charge in [0.2, 0.25) is 11.8 Å². The zero-order valence-corrected chi connectivity index (χ0v) is 19.1. The van der Waals surface area contributed by atoms with Crippen molar-refractivity contribution in [1.29, 1.82) is 0 Å². The molecule has 0 bridgehead atoms. The summed E-state index contributed by atoms with van der Waals surface area (Å²) in [6.45, 7) is 6.21. The molecule has 0 radical (unpaired) electrons. The Balaban J connectivity index is 1.82. The Kier molecular flexibility index (Phi) is 6.45. The Hall–Kier alpha value is -2.19. The molecule has 176 valence electrons. The lowest BCUT2D eigenvalue weighted by Crippen LogP contribution is -2.58. The van der Waals surface area contributed by atoms with Crippen molar-refractivity contribution >= 4 is 17.8 Å². The first kappa shape index (κ1) is 23.0. The van der Waals surface area contributed by atoms with Crippen LogP contribution in [0.15, 0.2) is 24.3 Å². The van der Waals surface area contributed by atoms with Gasteiger partial charge in [-0.05, 0) is 33.1 Å². The molecule has 2 saturated heterocycles. The zero-order chi connectivity index (χ0) is 23.0. The third kappa shape index (κ3) is 3.48. The van der Waals surface area contributed by atoms with Crippen LogP contribution in [0.3, 0.4) is 0 Å². The number of aliphatic hydroxyl groups excluding tert-OH is 1. The topological polar surface area (TPSA) is 96.4 Å². The summed E-state index contributed by atoms with van der Waals surface area (Å²) in [4.78, 5) is 44.0. The van der Waals surface area contributed by atoms with Crippen LogP contribution in [0.25, 0.3) is 0 Å². The first-order chi connectivity index (χ1) is 15.4. The molecule has 0 saturated carbocycles. The van der Waals surface area contributed by atoms with Crippen molar-refractivity contribution in [1.82, 2.24) is 9.80 Å². The Morgan fingerprint density at radius 3 is 2.69 bits per heavy atom. The predicted octanol–water partition coefficient (Wildman–Crippen LogP) is 1.43. The second-order valence-electron chi connectivity index (χ2n) is 9.39. The van der Waals surface area contributed by atoms with E-state index in [1.807, 2.05) is 31.2 Å². The maximum Gasteiger partial charge on any atom is 0.312 e. The summed E-state index contributed by atoms with van der Waals surface area (Å²) in [5, 5.41) is 9.90. The van der Waals surface area contributed by atoms with Gasteiger partial charge in [0.15, 0.2) is 0 Å². The van der Waals surface area contributed by atoms with Crippen LogP contribution in [0.4, 0.5) is 0 Å². The van der Waals surface area contributed by atoms with Gasteiger partial charge in [-0.2, -0.15) is 0 Å². The van der Waals surface area contributed by atoms with Gasteiger partial charge in [-0.3, -0.25) is 14.4 Å². The van der Waals surface area contributed by atoms with Gasteiger partial charge >= 0.3 is 5.97 Å². The summed E-state index contributed by atoms with van der Waals surface area (Å²) in [5.41, 5.74) is -1.27. The van der Waals surface area contributed by atoms with Crippen LogP contribution >= 0.6 is 0 Å². The molecule has 8 nitrogen and oxygen atoms in total. The molecular formula is C24H34N2O6. The number of cyclic esters (lactones) is 1. The molecule has 1 N–H and O–H groups in total. The second-order valence-corrected chi connectivity index (χ2v) is 9.39. The van der Waals surface area contributed by atoms with Crippen LogP contribution in [0.5, 0.6) is 0 Å². The van der Waals surface area contributed by atoms with Gasteiger partial charge in [0.25, 0.3) is 0 Å². The first-order valence-corrected chi connectivity index (χ1v) is 11.8. The van der Waals surface area contributed by atoms with Crippen molar-refractivity contribution in [2.24, 2.45) is 11.8 Å². The maximum absolute atomic E-state index is 13.9. The quantitative estimate of drug-likeness (QED) is 0.507. The Morgan fingerprint density at radius 1 is 1.19 bits per heavy atom. The number of carbonyl (C=O) groups excluding carboxylic acids is 3. The Morgan fingerprint density at radius 2 is 1.97 bits per heavy atom. The van der Waals surface area contributed by atoms with Gasteiger partial charge in [-0.25, -0.2) is 0 Å². The van der Waals surface area contributed by atoms with E-state index in [4.69, 9.17) is 9.47 Å². The van der Waals surface area contributed by atoms with Crippen LogP contribution in [-0.2, 0) is 23.9 Å². The largest absolute Gasteiger partial charge is 0.465 e. The number of fused-ring (bicyclic) bond motifs is 2. The van der Waals surface area contributed by atoms with Crippen molar-refractivity contribution in [2.75, 3.05) is 19.8 Å². The number of hydrogen-bond acceptors (Lipinski definition) is 6. The monoisotopic (exact) mass is 446 g/mol. The zero-order valence-electron chi connectivity index (χ0n) is 19.1. The summed E-state index contributed by atoms with van der Waals surface area (Å²) in [5.74, 6) is -2.70. The van der Waals surface area contributed by atoms with Gasteiger partial charge in [0.05, 0.1) is 31.3 Å². The molecule has 4 aliphatic rings. The van der Waals surface area contributed by atoms with E-state index in [1.165, 1.54) is 4.90 Å². The number of nitrogens with zero attached hydrogens (tertiary/aromatic N) is 2. The first-order valence-electron chi connectivity index (χ1n) is 11.8. The Bertz CT molecular complexity index is 825. The van der Waals surface area contributed by atoms with E-state index in [1.54, 1.807) is 11.8 Å². The standard InChI is InChI=1S/C24H34N2O6/c1-4-9-15(2)25-12-8-11-24-19(21(28)26(16(3)14-27)20(24)22(25)29)18-17(32-24)10-6-5-7-13-31-23(18)30/h6,8,10-11,15-20,27H,4-5,7,9,12-14H2,1-3H3/b10-6-/t15?,16-,17-,18+,19+,20?,24+/m1/s1. The van der Waals surface area contributed by atoms with Crippen molar-refractivity contribution in [3.63, 3.8) is 0 Å². The van der Waals surface area contributed by atoms with Gasteiger partial charge < -0.3 is 24.4 Å². The summed E-state index contributed by atoms with van der Waals surface area (Å²) in [7, 11) is 0. The number of esters is 1. The summed E-state index contributed by atoms with van der Waals surface area (Å²) < 4.78 is 12.0. The molecule has 4 heterocycles. The Labute approximate surface area is 189 Å². The van der Waals surface area contributed by atoms with E-state index in [-0.39, 0.29) is 31.1 Å². The normalized spacial score (nSPS) is 37.4. The SMILES string of the molecule is CCCC(C)N1CC=C[C@]23O[C@@H]4/C=C\CCCOC(=O)[C@@H]4[C@H]2C(=O)N([C@H](C)CO)C3C1=O. The van der Waals surface area contributed by atoms with Crippen molar-refractivity contribution in [3.05, 3.63) is 24.3 Å². The third-order valence-corrected chi connectivity index (χ3v) is 7.30. The van der Waals surface area contributed by atoms with E-state index in [2.05, 4.69) is 6.92 Å². The molecule has 0 aromatic rings. The fraction of sp³-hybridized carbons (Fsp3) is 0.708. The van der Waals surface area contributed by atoms with Crippen LogP contribution < -0.4 is 0 Å². The third-order valence-electron chi connectivity index (χ3n) is 7.30. The van der Waals surface area contributed by atoms with Gasteiger partial charge in [0, 0.05) is 12.6 Å². The highest BCUT2D eigenvalue weighted by Crippen LogP contribution is 2.53. The number of hydrogen-bond donors (Lipinski definition) is 1. The second kappa shape index (κ2) is 8.98. The highest BCUT2D eigenvalue weighted by molar-refractivity contribution is 5.99. The molecule has 8 heteroatoms. The molecule has 2 fully saturated rings. The number of aliphatic hydroxyl groups is 1. The average molecular weight is 447 g/mol. The average Bonchev–Trinajstić information content (AvgIpc) is 3.18. The van der Waals surface area contributed by atoms with E-state index in [0.29, 0.717) is 13.0 Å². The van der Waals surface area contributed by atoms with Crippen molar-refractivity contribution in [3.8, 4) is 0 Å². The van der Waals surface area contributed by atoms with E-state index in [9.17, 15) is 19.5 Å². The molecule has 4 aliphatic heterocycles. The molecule has 7 atom stereocenters. The van der Waals surface area contributed by atoms with E-state index >= 15 is 0 Å². The highest BCUT2D eigenvalue weighted by Gasteiger charge is 2.72. The maximum atomic E-state index is 13.9. The summed E-state index contributed by atoms with van der Waals surface area (Å²) in [6.07, 6.45) is 10.1. The van der Waals surface area contributed by atoms with Gasteiger partial charge in [-0.15, -0.1) is 0 Å². The lowest BCUT2D eigenvalue weighted by molar-refractivity contribution is -0.156. The van der Waals surface area contributed by atoms with Gasteiger partial charge in [-0.1, -0.05) is 37.6 Å². The predicted molar refractivity (Wildman–Crippen MR) is 116 cm³/mol. The minimum atomic E-state index is -1.27. The number of likely N-dealkylation sites (tertiary alicyclic amines) is 1. The molecule has 0 aromatic carbocycles. The number of allylic oxidation sites excluding steroid dienone is 1. The fourth-order valence-electron chi connectivity index (χ4n) is 5.74. The molecule has 0 aliphatic carbocycles. The molecule has 32 heavy (non-hydrogen) atoms. The number of amides is 2. The van der Waals surface area contributed by atoms with E-state index < -0.39 is 41.6 Å². The number of ether oxygens (including phenoxy) is 2. The molecule has 4 rings (SSSR count). The van der Waals surface area contributed by atoms with Gasteiger partial charge in [0.1, 0.15) is 17.6 Å². The molecule has 2 unspecified atom stereocenters. The lowest BCUT2D eigenvalue weighted by Gasteiger charge is -2.39. The molecule has 1 spiro atoms. The minimum absolute atomic E-state index is 0.00353. The van der Waals surface area contributed by atoms with Crippen LogP contribution in [-0.4, -0.2) is 82.3 Å². The summed E-state index contributed by atoms with van der Waals surface area (Å²) in [6, 6.07) is -1.52. The minimum Gasteiger partial charge on any atom is -0.465 e. The molecular weight excluding hydrogens is 412 g/mol. The smallest absolute Gasteiger partial charge is 0.312 e.